The van der Waals surface area contributed by atoms with Crippen LogP contribution in [0.4, 0.5) is 0 Å². The molecule has 1 aromatic heterocycles. The summed E-state index contributed by atoms with van der Waals surface area (Å²) in [5, 5.41) is 2.72. The quantitative estimate of drug-likeness (QED) is 0.885. The van der Waals surface area contributed by atoms with Crippen molar-refractivity contribution in [1.29, 1.82) is 0 Å². The highest BCUT2D eigenvalue weighted by Crippen LogP contribution is 2.35. The van der Waals surface area contributed by atoms with Crippen LogP contribution in [0, 0.1) is 0 Å². The molecule has 1 heterocycles. The number of aryl methyl sites for hydroxylation is 1. The molecule has 0 aliphatic rings. The fourth-order valence-corrected chi connectivity index (χ4v) is 3.23. The Balaban J connectivity index is 2.40. The Bertz CT molecular complexity index is 499. The standard InChI is InChI=1S/C14H16ClNS/c1-3-10-4-6-11(7-5-10)14(2,16)13-12(15)8-9-17-13/h4-9H,3,16H2,1-2H3. The van der Waals surface area contributed by atoms with Gasteiger partial charge in [-0.3, -0.25) is 0 Å². The molecule has 0 amide bonds. The van der Waals surface area contributed by atoms with Crippen LogP contribution in [-0.4, -0.2) is 0 Å². The Hall–Kier alpha value is -0.830. The summed E-state index contributed by atoms with van der Waals surface area (Å²) in [5.41, 5.74) is 8.32. The zero-order chi connectivity index (χ0) is 12.5. The predicted molar refractivity (Wildman–Crippen MR) is 75.8 cm³/mol. The van der Waals surface area contributed by atoms with Gasteiger partial charge in [0.15, 0.2) is 0 Å². The number of benzene rings is 1. The summed E-state index contributed by atoms with van der Waals surface area (Å²) in [7, 11) is 0. The molecule has 1 aromatic carbocycles. The average molecular weight is 266 g/mol. The van der Waals surface area contributed by atoms with Gasteiger partial charge in [0, 0.05) is 4.88 Å². The van der Waals surface area contributed by atoms with Gasteiger partial charge in [-0.05, 0) is 35.9 Å². The van der Waals surface area contributed by atoms with Crippen molar-refractivity contribution in [2.45, 2.75) is 25.8 Å². The van der Waals surface area contributed by atoms with E-state index in [2.05, 4.69) is 31.2 Å². The molecule has 3 heteroatoms. The van der Waals surface area contributed by atoms with E-state index in [-0.39, 0.29) is 0 Å². The first kappa shape index (κ1) is 12.6. The zero-order valence-corrected chi connectivity index (χ0v) is 11.6. The first-order chi connectivity index (χ1) is 8.05. The van der Waals surface area contributed by atoms with Gasteiger partial charge in [-0.2, -0.15) is 0 Å². The van der Waals surface area contributed by atoms with Crippen LogP contribution in [0.25, 0.3) is 0 Å². The van der Waals surface area contributed by atoms with Crippen molar-refractivity contribution >= 4 is 22.9 Å². The maximum Gasteiger partial charge on any atom is 0.0745 e. The molecule has 17 heavy (non-hydrogen) atoms. The number of thiophene rings is 1. The van der Waals surface area contributed by atoms with Crippen LogP contribution in [0.5, 0.6) is 0 Å². The normalized spacial score (nSPS) is 14.6. The van der Waals surface area contributed by atoms with Crippen molar-refractivity contribution in [3.8, 4) is 0 Å². The highest BCUT2D eigenvalue weighted by atomic mass is 35.5. The fourth-order valence-electron chi connectivity index (χ4n) is 1.88. The van der Waals surface area contributed by atoms with Gasteiger partial charge < -0.3 is 5.73 Å². The minimum atomic E-state index is -0.516. The van der Waals surface area contributed by atoms with E-state index in [9.17, 15) is 0 Å². The lowest BCUT2D eigenvalue weighted by molar-refractivity contribution is 0.616. The van der Waals surface area contributed by atoms with E-state index in [0.29, 0.717) is 0 Å². The number of nitrogens with two attached hydrogens (primary N) is 1. The molecule has 0 saturated heterocycles. The molecule has 1 atom stereocenters. The molecule has 0 saturated carbocycles. The Kier molecular flexibility index (Phi) is 3.57. The molecule has 1 nitrogen and oxygen atoms in total. The van der Waals surface area contributed by atoms with E-state index in [1.165, 1.54) is 5.56 Å². The van der Waals surface area contributed by atoms with Gasteiger partial charge in [0.25, 0.3) is 0 Å². The van der Waals surface area contributed by atoms with Crippen LogP contribution in [0.2, 0.25) is 5.02 Å². The average Bonchev–Trinajstić information content (AvgIpc) is 2.76. The van der Waals surface area contributed by atoms with Gasteiger partial charge in [0.05, 0.1) is 10.6 Å². The molecule has 2 N–H and O–H groups in total. The van der Waals surface area contributed by atoms with E-state index in [1.54, 1.807) is 11.3 Å². The van der Waals surface area contributed by atoms with Gasteiger partial charge in [0.2, 0.25) is 0 Å². The molecule has 1 unspecified atom stereocenters. The SMILES string of the molecule is CCc1ccc(C(C)(N)c2sccc2Cl)cc1. The molecule has 0 radical (unpaired) electrons. The lowest BCUT2D eigenvalue weighted by Gasteiger charge is -2.24. The monoisotopic (exact) mass is 265 g/mol. The fraction of sp³-hybridized carbons (Fsp3) is 0.286. The molecule has 0 aliphatic carbocycles. The van der Waals surface area contributed by atoms with Crippen LogP contribution < -0.4 is 5.73 Å². The van der Waals surface area contributed by atoms with Crippen LogP contribution in [0.1, 0.15) is 29.9 Å². The van der Waals surface area contributed by atoms with Crippen molar-refractivity contribution in [3.63, 3.8) is 0 Å². The van der Waals surface area contributed by atoms with Crippen LogP contribution >= 0.6 is 22.9 Å². The topological polar surface area (TPSA) is 26.0 Å². The molecular formula is C14H16ClNS. The third-order valence-corrected chi connectivity index (χ3v) is 4.63. The summed E-state index contributed by atoms with van der Waals surface area (Å²) in [5.74, 6) is 0. The first-order valence-corrected chi connectivity index (χ1v) is 6.93. The minimum absolute atomic E-state index is 0.516. The Labute approximate surface area is 111 Å². The van der Waals surface area contributed by atoms with Gasteiger partial charge in [0.1, 0.15) is 0 Å². The maximum atomic E-state index is 6.42. The van der Waals surface area contributed by atoms with Crippen molar-refractivity contribution < 1.29 is 0 Å². The Morgan fingerprint density at radius 2 is 1.88 bits per heavy atom. The summed E-state index contributed by atoms with van der Waals surface area (Å²) in [6.07, 6.45) is 1.04. The zero-order valence-electron chi connectivity index (χ0n) is 10.0. The lowest BCUT2D eigenvalue weighted by atomic mass is 9.90. The summed E-state index contributed by atoms with van der Waals surface area (Å²) < 4.78 is 0. The summed E-state index contributed by atoms with van der Waals surface area (Å²) in [6.45, 7) is 4.15. The highest BCUT2D eigenvalue weighted by Gasteiger charge is 2.27. The molecule has 0 spiro atoms. The van der Waals surface area contributed by atoms with Crippen LogP contribution in [0.3, 0.4) is 0 Å². The lowest BCUT2D eigenvalue weighted by Crippen LogP contribution is -2.33. The number of halogens is 1. The summed E-state index contributed by atoms with van der Waals surface area (Å²) in [4.78, 5) is 1.02. The van der Waals surface area contributed by atoms with E-state index in [0.717, 1.165) is 21.9 Å². The maximum absolute atomic E-state index is 6.42. The van der Waals surface area contributed by atoms with Crippen molar-refractivity contribution in [3.05, 3.63) is 56.7 Å². The van der Waals surface area contributed by atoms with E-state index < -0.39 is 5.54 Å². The van der Waals surface area contributed by atoms with Crippen molar-refractivity contribution in [1.82, 2.24) is 0 Å². The van der Waals surface area contributed by atoms with Crippen molar-refractivity contribution in [2.24, 2.45) is 5.73 Å². The van der Waals surface area contributed by atoms with Gasteiger partial charge in [-0.25, -0.2) is 0 Å². The molecule has 0 bridgehead atoms. The molecule has 2 aromatic rings. The second-order valence-corrected chi connectivity index (χ2v) is 5.67. The van der Waals surface area contributed by atoms with Gasteiger partial charge in [-0.15, -0.1) is 11.3 Å². The molecule has 2 rings (SSSR count). The molecule has 0 fully saturated rings. The largest absolute Gasteiger partial charge is 0.317 e. The number of hydrogen-bond acceptors (Lipinski definition) is 2. The Morgan fingerprint density at radius 3 is 2.35 bits per heavy atom. The second kappa shape index (κ2) is 4.81. The van der Waals surface area contributed by atoms with E-state index in [1.807, 2.05) is 18.4 Å². The predicted octanol–water partition coefficient (Wildman–Crippen LogP) is 4.19. The van der Waals surface area contributed by atoms with Crippen molar-refractivity contribution in [2.75, 3.05) is 0 Å². The van der Waals surface area contributed by atoms with E-state index in [4.69, 9.17) is 17.3 Å². The number of hydrogen-bond donors (Lipinski definition) is 1. The third-order valence-electron chi connectivity index (χ3n) is 3.05. The molecule has 90 valence electrons. The van der Waals surface area contributed by atoms with Gasteiger partial charge >= 0.3 is 0 Å². The smallest absolute Gasteiger partial charge is 0.0745 e. The van der Waals surface area contributed by atoms with Crippen LogP contribution in [0.15, 0.2) is 35.7 Å². The number of rotatable bonds is 3. The first-order valence-electron chi connectivity index (χ1n) is 5.67. The molecule has 0 aliphatic heterocycles. The summed E-state index contributed by atoms with van der Waals surface area (Å²) >= 11 is 7.77. The molecular weight excluding hydrogens is 250 g/mol. The van der Waals surface area contributed by atoms with Gasteiger partial charge in [-0.1, -0.05) is 42.8 Å². The third kappa shape index (κ3) is 2.39. The summed E-state index contributed by atoms with van der Waals surface area (Å²) in [6, 6.07) is 10.3. The van der Waals surface area contributed by atoms with E-state index >= 15 is 0 Å². The minimum Gasteiger partial charge on any atom is -0.317 e. The van der Waals surface area contributed by atoms with Crippen LogP contribution in [-0.2, 0) is 12.0 Å². The highest BCUT2D eigenvalue weighted by molar-refractivity contribution is 7.10. The second-order valence-electron chi connectivity index (χ2n) is 4.35. The Morgan fingerprint density at radius 1 is 1.24 bits per heavy atom.